The van der Waals surface area contributed by atoms with Crippen molar-refractivity contribution in [3.8, 4) is 5.75 Å². The van der Waals surface area contributed by atoms with Gasteiger partial charge in [0.1, 0.15) is 12.4 Å². The third kappa shape index (κ3) is 5.14. The lowest BCUT2D eigenvalue weighted by atomic mass is 9.58. The molecule has 4 rings (SSSR count). The van der Waals surface area contributed by atoms with Crippen LogP contribution in [0.5, 0.6) is 5.75 Å². The molecule has 0 spiro atoms. The van der Waals surface area contributed by atoms with E-state index in [1.807, 2.05) is 32.0 Å². The van der Waals surface area contributed by atoms with Gasteiger partial charge in [0, 0.05) is 23.0 Å². The van der Waals surface area contributed by atoms with Gasteiger partial charge in [0.25, 0.3) is 0 Å². The third-order valence-electron chi connectivity index (χ3n) is 6.63. The molecule has 1 unspecified atom stereocenters. The Morgan fingerprint density at radius 3 is 2.59 bits per heavy atom. The van der Waals surface area contributed by atoms with Gasteiger partial charge in [-0.25, -0.2) is 13.1 Å². The highest BCUT2D eigenvalue weighted by Crippen LogP contribution is 2.53. The van der Waals surface area contributed by atoms with Gasteiger partial charge in [0.2, 0.25) is 10.0 Å². The first-order valence-corrected chi connectivity index (χ1v) is 13.5. The van der Waals surface area contributed by atoms with Crippen LogP contribution >= 0.6 is 11.6 Å². The van der Waals surface area contributed by atoms with Crippen LogP contribution in [0.15, 0.2) is 42.5 Å². The van der Waals surface area contributed by atoms with Gasteiger partial charge < -0.3 is 10.1 Å². The van der Waals surface area contributed by atoms with Gasteiger partial charge in [-0.3, -0.25) is 0 Å². The van der Waals surface area contributed by atoms with Crippen LogP contribution in [0, 0.1) is 5.92 Å². The molecule has 0 saturated heterocycles. The van der Waals surface area contributed by atoms with Crippen LogP contribution in [0.3, 0.4) is 0 Å². The maximum atomic E-state index is 12.0. The lowest BCUT2D eigenvalue weighted by Crippen LogP contribution is -2.49. The Morgan fingerprint density at radius 1 is 1.19 bits per heavy atom. The Bertz CT molecular complexity index is 1030. The number of benzene rings is 2. The minimum Gasteiger partial charge on any atom is -0.492 e. The number of rotatable bonds is 9. The van der Waals surface area contributed by atoms with Crippen molar-refractivity contribution in [3.63, 3.8) is 0 Å². The van der Waals surface area contributed by atoms with Gasteiger partial charge in [-0.1, -0.05) is 50.1 Å². The van der Waals surface area contributed by atoms with Gasteiger partial charge in [0.15, 0.2) is 0 Å². The second kappa shape index (κ2) is 9.72. The summed E-state index contributed by atoms with van der Waals surface area (Å²) in [6, 6.07) is 14.8. The Hall–Kier alpha value is -1.60. The molecule has 0 radical (unpaired) electrons. The van der Waals surface area contributed by atoms with E-state index >= 15 is 0 Å². The minimum atomic E-state index is -3.26. The van der Waals surface area contributed by atoms with E-state index in [1.165, 1.54) is 23.1 Å². The molecule has 1 heterocycles. The predicted molar refractivity (Wildman–Crippen MR) is 130 cm³/mol. The van der Waals surface area contributed by atoms with Crippen LogP contribution in [-0.2, 0) is 21.9 Å². The van der Waals surface area contributed by atoms with Crippen molar-refractivity contribution in [1.82, 2.24) is 10.0 Å². The van der Waals surface area contributed by atoms with Crippen molar-refractivity contribution in [2.24, 2.45) is 5.92 Å². The van der Waals surface area contributed by atoms with Crippen LogP contribution in [0.25, 0.3) is 0 Å². The minimum absolute atomic E-state index is 0.0743. The molecular weight excluding hydrogens is 444 g/mol. The van der Waals surface area contributed by atoms with Crippen LogP contribution in [0.4, 0.5) is 0 Å². The van der Waals surface area contributed by atoms with Crippen molar-refractivity contribution in [2.75, 3.05) is 25.4 Å². The molecule has 2 N–H and O–H groups in total. The molecule has 1 aliphatic carbocycles. The smallest absolute Gasteiger partial charge is 0.211 e. The summed E-state index contributed by atoms with van der Waals surface area (Å²) < 4.78 is 32.6. The summed E-state index contributed by atoms with van der Waals surface area (Å²) in [7, 11) is -3.26. The standard InChI is InChI=1S/C25H33ClN2O3S/c1-18(2)17-32(29,30)28-14-15-31-22-9-4-19-10-13-27-24(23(19)16-22)25(11-3-12-25)20-5-7-21(26)8-6-20/h4-9,16,18,24,27-28H,3,10-15,17H2,1-2H3. The highest BCUT2D eigenvalue weighted by atomic mass is 35.5. The van der Waals surface area contributed by atoms with Crippen LogP contribution in [0.1, 0.15) is 55.8 Å². The lowest BCUT2D eigenvalue weighted by molar-refractivity contribution is 0.164. The van der Waals surface area contributed by atoms with Gasteiger partial charge in [-0.15, -0.1) is 0 Å². The van der Waals surface area contributed by atoms with Gasteiger partial charge in [-0.2, -0.15) is 0 Å². The summed E-state index contributed by atoms with van der Waals surface area (Å²) in [4.78, 5) is 0. The van der Waals surface area contributed by atoms with Gasteiger partial charge in [0.05, 0.1) is 5.75 Å². The van der Waals surface area contributed by atoms with Crippen molar-refractivity contribution in [2.45, 2.75) is 51.0 Å². The molecule has 7 heteroatoms. The Balaban J connectivity index is 1.48. The van der Waals surface area contributed by atoms with Crippen molar-refractivity contribution < 1.29 is 13.2 Å². The third-order valence-corrected chi connectivity index (χ3v) is 8.64. The van der Waals surface area contributed by atoms with E-state index in [0.717, 1.165) is 36.6 Å². The molecule has 1 saturated carbocycles. The molecule has 1 fully saturated rings. The lowest BCUT2D eigenvalue weighted by Gasteiger charge is -2.50. The maximum absolute atomic E-state index is 12.0. The van der Waals surface area contributed by atoms with E-state index in [4.69, 9.17) is 16.3 Å². The molecule has 0 bridgehead atoms. The molecule has 5 nitrogen and oxygen atoms in total. The molecule has 2 aromatic carbocycles. The summed E-state index contributed by atoms with van der Waals surface area (Å²) in [5, 5.41) is 4.55. The second-order valence-electron chi connectivity index (χ2n) is 9.43. The molecule has 0 aromatic heterocycles. The van der Waals surface area contributed by atoms with E-state index in [0.29, 0.717) is 6.61 Å². The zero-order valence-corrected chi connectivity index (χ0v) is 20.4. The monoisotopic (exact) mass is 476 g/mol. The number of fused-ring (bicyclic) bond motifs is 1. The number of nitrogens with one attached hydrogen (secondary N) is 2. The number of hydrogen-bond donors (Lipinski definition) is 2. The summed E-state index contributed by atoms with van der Waals surface area (Å²) >= 11 is 6.15. The molecule has 2 aliphatic rings. The normalized spacial score (nSPS) is 19.9. The molecule has 1 aliphatic heterocycles. The quantitative estimate of drug-likeness (QED) is 0.519. The van der Waals surface area contributed by atoms with Gasteiger partial charge >= 0.3 is 0 Å². The average Bonchev–Trinajstić information content (AvgIpc) is 2.71. The molecule has 1 atom stereocenters. The van der Waals surface area contributed by atoms with E-state index in [1.54, 1.807) is 0 Å². The molecular formula is C25H33ClN2O3S. The van der Waals surface area contributed by atoms with E-state index < -0.39 is 10.0 Å². The highest BCUT2D eigenvalue weighted by molar-refractivity contribution is 7.89. The van der Waals surface area contributed by atoms with Crippen molar-refractivity contribution in [1.29, 1.82) is 0 Å². The Kier molecular flexibility index (Phi) is 7.15. The molecule has 32 heavy (non-hydrogen) atoms. The fourth-order valence-corrected chi connectivity index (χ4v) is 6.58. The first-order valence-electron chi connectivity index (χ1n) is 11.5. The number of halogens is 1. The summed E-state index contributed by atoms with van der Waals surface area (Å²) in [5.41, 5.74) is 4.07. The van der Waals surface area contributed by atoms with Crippen LogP contribution in [-0.4, -0.2) is 33.9 Å². The van der Waals surface area contributed by atoms with E-state index in [2.05, 4.69) is 34.3 Å². The molecule has 0 amide bonds. The van der Waals surface area contributed by atoms with Gasteiger partial charge in [-0.05, 0) is 72.7 Å². The van der Waals surface area contributed by atoms with Crippen molar-refractivity contribution >= 4 is 21.6 Å². The van der Waals surface area contributed by atoms with Crippen LogP contribution < -0.4 is 14.8 Å². The summed E-state index contributed by atoms with van der Waals surface area (Å²) in [6.07, 6.45) is 4.52. The first-order chi connectivity index (χ1) is 15.3. The average molecular weight is 477 g/mol. The second-order valence-corrected chi connectivity index (χ2v) is 11.7. The maximum Gasteiger partial charge on any atom is 0.211 e. The van der Waals surface area contributed by atoms with Crippen molar-refractivity contribution in [3.05, 3.63) is 64.2 Å². The Labute approximate surface area is 196 Å². The number of hydrogen-bond acceptors (Lipinski definition) is 4. The largest absolute Gasteiger partial charge is 0.492 e. The van der Waals surface area contributed by atoms with Crippen LogP contribution in [0.2, 0.25) is 5.02 Å². The van der Waals surface area contributed by atoms with E-state index in [9.17, 15) is 8.42 Å². The first kappa shape index (κ1) is 23.6. The number of ether oxygens (including phenoxy) is 1. The Morgan fingerprint density at radius 2 is 1.94 bits per heavy atom. The SMILES string of the molecule is CC(C)CS(=O)(=O)NCCOc1ccc2c(c1)C(C1(c3ccc(Cl)cc3)CCC1)NCC2. The topological polar surface area (TPSA) is 67.4 Å². The van der Waals surface area contributed by atoms with E-state index in [-0.39, 0.29) is 29.7 Å². The fraction of sp³-hybridized carbons (Fsp3) is 0.520. The zero-order valence-electron chi connectivity index (χ0n) is 18.9. The highest BCUT2D eigenvalue weighted by Gasteiger charge is 2.47. The molecule has 2 aromatic rings. The predicted octanol–water partition coefficient (Wildman–Crippen LogP) is 4.60. The molecule has 174 valence electrons. The fourth-order valence-electron chi connectivity index (χ4n) is 5.06. The zero-order chi connectivity index (χ0) is 22.8. The summed E-state index contributed by atoms with van der Waals surface area (Å²) in [5.74, 6) is 1.01. The number of sulfonamides is 1. The summed E-state index contributed by atoms with van der Waals surface area (Å²) in [6.45, 7) is 5.32.